The molecule has 4 rings (SSSR count). The van der Waals surface area contributed by atoms with Gasteiger partial charge in [-0.05, 0) is 41.7 Å². The average molecular weight is 424 g/mol. The van der Waals surface area contributed by atoms with Crippen LogP contribution in [0.25, 0.3) is 11.1 Å². The number of carbonyl (C=O) groups excluding carboxylic acids is 1. The van der Waals surface area contributed by atoms with Crippen LogP contribution in [-0.4, -0.2) is 27.9 Å². The second-order valence-corrected chi connectivity index (χ2v) is 7.62. The first-order valence-electron chi connectivity index (χ1n) is 9.63. The van der Waals surface area contributed by atoms with Gasteiger partial charge in [-0.3, -0.25) is 4.79 Å². The lowest BCUT2D eigenvalue weighted by molar-refractivity contribution is -0.141. The van der Waals surface area contributed by atoms with Crippen molar-refractivity contribution in [1.82, 2.24) is 4.90 Å². The number of carbonyl (C=O) groups is 2. The van der Waals surface area contributed by atoms with Gasteiger partial charge in [0.05, 0.1) is 11.6 Å². The van der Waals surface area contributed by atoms with E-state index in [2.05, 4.69) is 0 Å². The van der Waals surface area contributed by atoms with E-state index in [1.807, 2.05) is 6.07 Å². The van der Waals surface area contributed by atoms with Crippen LogP contribution in [0.4, 0.5) is 4.39 Å². The van der Waals surface area contributed by atoms with Crippen molar-refractivity contribution in [2.75, 3.05) is 0 Å². The molecule has 1 heterocycles. The molecule has 3 aromatic carbocycles. The van der Waals surface area contributed by atoms with E-state index in [9.17, 15) is 19.1 Å². The number of halogens is 2. The summed E-state index contributed by atoms with van der Waals surface area (Å²) in [5, 5.41) is 10.2. The predicted molar refractivity (Wildman–Crippen MR) is 113 cm³/mol. The van der Waals surface area contributed by atoms with Crippen LogP contribution in [0.1, 0.15) is 34.8 Å². The highest BCUT2D eigenvalue weighted by molar-refractivity contribution is 6.31. The monoisotopic (exact) mass is 423 g/mol. The highest BCUT2D eigenvalue weighted by atomic mass is 35.5. The molecule has 2 unspecified atom stereocenters. The summed E-state index contributed by atoms with van der Waals surface area (Å²) in [7, 11) is 0. The number of nitrogens with zero attached hydrogens (tertiary/aromatic N) is 1. The third-order valence-corrected chi connectivity index (χ3v) is 5.83. The molecule has 152 valence electrons. The van der Waals surface area contributed by atoms with Crippen molar-refractivity contribution in [3.8, 4) is 11.1 Å². The highest BCUT2D eigenvalue weighted by Crippen LogP contribution is 2.41. The quantitative estimate of drug-likeness (QED) is 0.596. The number of aliphatic carboxylic acids is 1. The maximum Gasteiger partial charge on any atom is 0.326 e. The van der Waals surface area contributed by atoms with E-state index >= 15 is 0 Å². The molecular formula is C24H19ClFNO3. The zero-order valence-corrected chi connectivity index (χ0v) is 16.7. The topological polar surface area (TPSA) is 57.6 Å². The van der Waals surface area contributed by atoms with Crippen LogP contribution >= 0.6 is 11.6 Å². The van der Waals surface area contributed by atoms with Gasteiger partial charge in [0.25, 0.3) is 5.91 Å². The predicted octanol–water partition coefficient (Wildman–Crippen LogP) is 5.58. The van der Waals surface area contributed by atoms with E-state index in [4.69, 9.17) is 11.6 Å². The fraction of sp³-hybridized carbons (Fsp3) is 0.167. The number of amides is 1. The minimum atomic E-state index is -1.12. The standard InChI is InChI=1S/C24H19ClFNO3/c25-18-11-5-4-9-17(18)20-13-14-21(24(29)30)27(20)23(28)22-16(10-6-12-19(22)26)15-7-2-1-3-8-15/h1-12,20-21H,13-14H2,(H,29,30). The molecular weight excluding hydrogens is 405 g/mol. The van der Waals surface area contributed by atoms with Crippen LogP contribution in [0.5, 0.6) is 0 Å². The molecule has 4 nitrogen and oxygen atoms in total. The summed E-state index contributed by atoms with van der Waals surface area (Å²) in [5.74, 6) is -2.45. The van der Waals surface area contributed by atoms with Crippen molar-refractivity contribution in [3.05, 3.63) is 94.8 Å². The maximum absolute atomic E-state index is 15.0. The fourth-order valence-corrected chi connectivity index (χ4v) is 4.38. The van der Waals surface area contributed by atoms with Crippen molar-refractivity contribution in [1.29, 1.82) is 0 Å². The molecule has 0 aromatic heterocycles. The molecule has 2 atom stereocenters. The smallest absolute Gasteiger partial charge is 0.326 e. The number of hydrogen-bond acceptors (Lipinski definition) is 2. The van der Waals surface area contributed by atoms with Gasteiger partial charge in [-0.15, -0.1) is 0 Å². The second-order valence-electron chi connectivity index (χ2n) is 7.21. The van der Waals surface area contributed by atoms with Gasteiger partial charge in [-0.1, -0.05) is 72.3 Å². The van der Waals surface area contributed by atoms with Crippen LogP contribution in [0.15, 0.2) is 72.8 Å². The summed E-state index contributed by atoms with van der Waals surface area (Å²) < 4.78 is 15.0. The maximum atomic E-state index is 15.0. The van der Waals surface area contributed by atoms with Crippen molar-refractivity contribution in [3.63, 3.8) is 0 Å². The summed E-state index contributed by atoms with van der Waals surface area (Å²) in [5.41, 5.74) is 1.64. The van der Waals surface area contributed by atoms with E-state index in [1.54, 1.807) is 60.7 Å². The van der Waals surface area contributed by atoms with Gasteiger partial charge in [0.2, 0.25) is 0 Å². The molecule has 1 aliphatic rings. The Morgan fingerprint density at radius 1 is 0.933 bits per heavy atom. The zero-order chi connectivity index (χ0) is 21.3. The molecule has 0 spiro atoms. The number of hydrogen-bond donors (Lipinski definition) is 1. The largest absolute Gasteiger partial charge is 0.480 e. The van der Waals surface area contributed by atoms with E-state index < -0.39 is 29.8 Å². The Morgan fingerprint density at radius 2 is 1.63 bits per heavy atom. The first-order chi connectivity index (χ1) is 14.5. The Hall–Kier alpha value is -3.18. The van der Waals surface area contributed by atoms with E-state index in [0.717, 1.165) is 0 Å². The first kappa shape index (κ1) is 20.1. The summed E-state index contributed by atoms with van der Waals surface area (Å²) >= 11 is 6.35. The average Bonchev–Trinajstić information content (AvgIpc) is 3.19. The molecule has 1 aliphatic heterocycles. The molecule has 1 amide bonds. The Bertz CT molecular complexity index is 1100. The molecule has 3 aromatic rings. The second kappa shape index (κ2) is 8.28. The van der Waals surface area contributed by atoms with Crippen LogP contribution in [0.3, 0.4) is 0 Å². The third kappa shape index (κ3) is 3.57. The highest BCUT2D eigenvalue weighted by Gasteiger charge is 2.43. The van der Waals surface area contributed by atoms with Gasteiger partial charge < -0.3 is 10.0 Å². The number of carboxylic acid groups (broad SMARTS) is 1. The van der Waals surface area contributed by atoms with Gasteiger partial charge in [0, 0.05) is 5.02 Å². The molecule has 1 N–H and O–H groups in total. The number of rotatable bonds is 4. The third-order valence-electron chi connectivity index (χ3n) is 5.48. The summed E-state index contributed by atoms with van der Waals surface area (Å²) in [6.45, 7) is 0. The van der Waals surface area contributed by atoms with Crippen LogP contribution in [0, 0.1) is 5.82 Å². The van der Waals surface area contributed by atoms with Crippen molar-refractivity contribution in [2.24, 2.45) is 0 Å². The van der Waals surface area contributed by atoms with Crippen molar-refractivity contribution >= 4 is 23.5 Å². The summed E-state index contributed by atoms with van der Waals surface area (Å²) in [6, 6.07) is 18.9. The van der Waals surface area contributed by atoms with Crippen molar-refractivity contribution in [2.45, 2.75) is 24.9 Å². The Labute approximate surface area is 178 Å². The molecule has 0 saturated carbocycles. The van der Waals surface area contributed by atoms with Gasteiger partial charge in [-0.25, -0.2) is 9.18 Å². The lowest BCUT2D eigenvalue weighted by Crippen LogP contribution is -2.42. The SMILES string of the molecule is O=C(O)C1CCC(c2ccccc2Cl)N1C(=O)c1c(F)cccc1-c1ccccc1. The molecule has 1 saturated heterocycles. The van der Waals surface area contributed by atoms with E-state index in [1.165, 1.54) is 11.0 Å². The fourth-order valence-electron chi connectivity index (χ4n) is 4.12. The van der Waals surface area contributed by atoms with Crippen LogP contribution in [0.2, 0.25) is 5.02 Å². The minimum absolute atomic E-state index is 0.131. The number of likely N-dealkylation sites (tertiary alicyclic amines) is 1. The number of carboxylic acids is 1. The zero-order valence-electron chi connectivity index (χ0n) is 16.0. The molecule has 6 heteroatoms. The Morgan fingerprint density at radius 3 is 2.33 bits per heavy atom. The molecule has 0 aliphatic carbocycles. The first-order valence-corrected chi connectivity index (χ1v) is 10.0. The van der Waals surface area contributed by atoms with E-state index in [0.29, 0.717) is 28.1 Å². The van der Waals surface area contributed by atoms with Crippen LogP contribution in [-0.2, 0) is 4.79 Å². The summed E-state index contributed by atoms with van der Waals surface area (Å²) in [6.07, 6.45) is 0.702. The molecule has 30 heavy (non-hydrogen) atoms. The van der Waals surface area contributed by atoms with Gasteiger partial charge in [0.15, 0.2) is 0 Å². The summed E-state index contributed by atoms with van der Waals surface area (Å²) in [4.78, 5) is 26.9. The molecule has 0 radical (unpaired) electrons. The van der Waals surface area contributed by atoms with Crippen LogP contribution < -0.4 is 0 Å². The minimum Gasteiger partial charge on any atom is -0.480 e. The van der Waals surface area contributed by atoms with Gasteiger partial charge in [-0.2, -0.15) is 0 Å². The molecule has 0 bridgehead atoms. The number of benzene rings is 3. The van der Waals surface area contributed by atoms with Gasteiger partial charge >= 0.3 is 5.97 Å². The van der Waals surface area contributed by atoms with E-state index in [-0.39, 0.29) is 12.0 Å². The van der Waals surface area contributed by atoms with Gasteiger partial charge in [0.1, 0.15) is 11.9 Å². The Balaban J connectivity index is 1.84. The molecule has 1 fully saturated rings. The normalized spacial score (nSPS) is 18.4. The lowest BCUT2D eigenvalue weighted by Gasteiger charge is -2.30. The van der Waals surface area contributed by atoms with Crippen molar-refractivity contribution < 1.29 is 19.1 Å². The lowest BCUT2D eigenvalue weighted by atomic mass is 9.97. The Kier molecular flexibility index (Phi) is 5.55.